The van der Waals surface area contributed by atoms with Crippen LogP contribution in [0.15, 0.2) is 30.3 Å². The van der Waals surface area contributed by atoms with E-state index < -0.39 is 0 Å². The predicted octanol–water partition coefficient (Wildman–Crippen LogP) is 3.99. The first-order valence-corrected chi connectivity index (χ1v) is 6.73. The van der Waals surface area contributed by atoms with E-state index in [4.69, 9.17) is 11.6 Å². The SMILES string of the molecule is Cc1ccc(C)n1NC1CCc2cc(Cl)ccc21. The molecule has 0 fully saturated rings. The quantitative estimate of drug-likeness (QED) is 0.864. The summed E-state index contributed by atoms with van der Waals surface area (Å²) in [7, 11) is 0. The van der Waals surface area contributed by atoms with E-state index in [-0.39, 0.29) is 0 Å². The van der Waals surface area contributed by atoms with Crippen molar-refractivity contribution in [3.05, 3.63) is 57.9 Å². The van der Waals surface area contributed by atoms with Gasteiger partial charge in [-0.05, 0) is 62.1 Å². The van der Waals surface area contributed by atoms with Gasteiger partial charge in [0.05, 0.1) is 6.04 Å². The molecule has 1 N–H and O–H groups in total. The molecule has 0 amide bonds. The highest BCUT2D eigenvalue weighted by atomic mass is 35.5. The molecule has 0 radical (unpaired) electrons. The van der Waals surface area contributed by atoms with E-state index >= 15 is 0 Å². The zero-order chi connectivity index (χ0) is 12.7. The zero-order valence-electron chi connectivity index (χ0n) is 10.7. The van der Waals surface area contributed by atoms with Crippen LogP contribution in [-0.2, 0) is 6.42 Å². The fourth-order valence-electron chi connectivity index (χ4n) is 2.75. The first-order valence-electron chi connectivity index (χ1n) is 6.35. The molecule has 0 aliphatic heterocycles. The Morgan fingerprint density at radius 3 is 2.61 bits per heavy atom. The maximum Gasteiger partial charge on any atom is 0.0679 e. The molecule has 0 saturated heterocycles. The van der Waals surface area contributed by atoms with Crippen molar-refractivity contribution < 1.29 is 0 Å². The fraction of sp³-hybridized carbons (Fsp3) is 0.333. The van der Waals surface area contributed by atoms with Crippen LogP contribution in [0.2, 0.25) is 5.02 Å². The summed E-state index contributed by atoms with van der Waals surface area (Å²) < 4.78 is 2.17. The lowest BCUT2D eigenvalue weighted by Crippen LogP contribution is -2.21. The summed E-state index contributed by atoms with van der Waals surface area (Å²) in [5.41, 5.74) is 8.86. The fourth-order valence-corrected chi connectivity index (χ4v) is 2.94. The number of nitrogens with one attached hydrogen (secondary N) is 1. The maximum absolute atomic E-state index is 6.04. The van der Waals surface area contributed by atoms with Crippen molar-refractivity contribution in [2.45, 2.75) is 32.7 Å². The molecule has 1 aliphatic rings. The molecule has 0 spiro atoms. The van der Waals surface area contributed by atoms with E-state index in [2.05, 4.69) is 48.2 Å². The second-order valence-corrected chi connectivity index (χ2v) is 5.45. The van der Waals surface area contributed by atoms with Crippen LogP contribution < -0.4 is 5.43 Å². The zero-order valence-corrected chi connectivity index (χ0v) is 11.5. The summed E-state index contributed by atoms with van der Waals surface area (Å²) >= 11 is 6.04. The van der Waals surface area contributed by atoms with E-state index in [1.807, 2.05) is 6.07 Å². The van der Waals surface area contributed by atoms with Gasteiger partial charge in [0.2, 0.25) is 0 Å². The molecule has 1 unspecified atom stereocenters. The van der Waals surface area contributed by atoms with Crippen molar-refractivity contribution in [2.75, 3.05) is 5.43 Å². The van der Waals surface area contributed by atoms with E-state index in [1.165, 1.54) is 22.5 Å². The molecule has 2 nitrogen and oxygen atoms in total. The Hall–Kier alpha value is -1.41. The Labute approximate surface area is 113 Å². The monoisotopic (exact) mass is 260 g/mol. The van der Waals surface area contributed by atoms with Crippen LogP contribution in [0.3, 0.4) is 0 Å². The standard InChI is InChI=1S/C15H17ClN2/c1-10-3-4-11(2)18(10)17-15-8-5-12-9-13(16)6-7-14(12)15/h3-4,6-7,9,15,17H,5,8H2,1-2H3. The number of fused-ring (bicyclic) bond motifs is 1. The van der Waals surface area contributed by atoms with Crippen molar-refractivity contribution in [2.24, 2.45) is 0 Å². The van der Waals surface area contributed by atoms with E-state index in [0.29, 0.717) is 6.04 Å². The molecule has 1 aliphatic carbocycles. The van der Waals surface area contributed by atoms with Crippen LogP contribution in [0.5, 0.6) is 0 Å². The first kappa shape index (κ1) is 11.7. The van der Waals surface area contributed by atoms with Crippen LogP contribution in [-0.4, -0.2) is 4.68 Å². The number of rotatable bonds is 2. The van der Waals surface area contributed by atoms with Gasteiger partial charge >= 0.3 is 0 Å². The molecule has 1 atom stereocenters. The third-order valence-electron chi connectivity index (χ3n) is 3.74. The number of hydrogen-bond donors (Lipinski definition) is 1. The lowest BCUT2D eigenvalue weighted by atomic mass is 10.1. The van der Waals surface area contributed by atoms with Crippen molar-refractivity contribution in [3.8, 4) is 0 Å². The Kier molecular flexibility index (Phi) is 2.83. The van der Waals surface area contributed by atoms with Crippen LogP contribution in [0, 0.1) is 13.8 Å². The van der Waals surface area contributed by atoms with E-state index in [1.54, 1.807) is 0 Å². The van der Waals surface area contributed by atoms with Gasteiger partial charge in [-0.1, -0.05) is 17.7 Å². The number of aromatic nitrogens is 1. The maximum atomic E-state index is 6.04. The van der Waals surface area contributed by atoms with Gasteiger partial charge in [-0.2, -0.15) is 0 Å². The van der Waals surface area contributed by atoms with Gasteiger partial charge in [0.15, 0.2) is 0 Å². The van der Waals surface area contributed by atoms with Crippen molar-refractivity contribution in [1.82, 2.24) is 4.68 Å². The number of halogens is 1. The summed E-state index contributed by atoms with van der Waals surface area (Å²) in [5, 5.41) is 0.836. The first-order chi connectivity index (χ1) is 8.65. The molecule has 18 heavy (non-hydrogen) atoms. The Bertz CT molecular complexity index is 567. The summed E-state index contributed by atoms with van der Waals surface area (Å²) in [6.45, 7) is 4.25. The normalized spacial score (nSPS) is 17.8. The Balaban J connectivity index is 1.89. The topological polar surface area (TPSA) is 17.0 Å². The van der Waals surface area contributed by atoms with Crippen LogP contribution in [0.4, 0.5) is 0 Å². The minimum absolute atomic E-state index is 0.391. The summed E-state index contributed by atoms with van der Waals surface area (Å²) in [6.07, 6.45) is 2.24. The molecule has 0 bridgehead atoms. The highest BCUT2D eigenvalue weighted by molar-refractivity contribution is 6.30. The molecule has 1 heterocycles. The third kappa shape index (κ3) is 1.91. The lowest BCUT2D eigenvalue weighted by Gasteiger charge is -2.19. The number of aryl methyl sites for hydroxylation is 3. The molecular weight excluding hydrogens is 244 g/mol. The van der Waals surface area contributed by atoms with Gasteiger partial charge in [0, 0.05) is 16.4 Å². The van der Waals surface area contributed by atoms with Gasteiger partial charge in [-0.25, -0.2) is 0 Å². The van der Waals surface area contributed by atoms with Crippen LogP contribution in [0.1, 0.15) is 35.0 Å². The lowest BCUT2D eigenvalue weighted by molar-refractivity contribution is 0.647. The molecule has 3 rings (SSSR count). The van der Waals surface area contributed by atoms with Gasteiger partial charge in [-0.3, -0.25) is 4.68 Å². The largest absolute Gasteiger partial charge is 0.318 e. The molecule has 94 valence electrons. The third-order valence-corrected chi connectivity index (χ3v) is 3.97. The minimum Gasteiger partial charge on any atom is -0.318 e. The molecule has 1 aromatic carbocycles. The van der Waals surface area contributed by atoms with Crippen molar-refractivity contribution in [1.29, 1.82) is 0 Å². The Morgan fingerprint density at radius 2 is 1.89 bits per heavy atom. The van der Waals surface area contributed by atoms with E-state index in [0.717, 1.165) is 17.9 Å². The van der Waals surface area contributed by atoms with E-state index in [9.17, 15) is 0 Å². The van der Waals surface area contributed by atoms with Gasteiger partial charge < -0.3 is 5.43 Å². The second-order valence-electron chi connectivity index (χ2n) is 5.02. The van der Waals surface area contributed by atoms with Crippen molar-refractivity contribution in [3.63, 3.8) is 0 Å². The average molecular weight is 261 g/mol. The molecule has 1 aromatic heterocycles. The smallest absolute Gasteiger partial charge is 0.0679 e. The minimum atomic E-state index is 0.391. The van der Waals surface area contributed by atoms with Gasteiger partial charge in [0.1, 0.15) is 0 Å². The summed E-state index contributed by atoms with van der Waals surface area (Å²) in [5.74, 6) is 0. The number of nitrogens with zero attached hydrogens (tertiary/aromatic N) is 1. The summed E-state index contributed by atoms with van der Waals surface area (Å²) in [4.78, 5) is 0. The van der Waals surface area contributed by atoms with Crippen molar-refractivity contribution >= 4 is 11.6 Å². The van der Waals surface area contributed by atoms with Crippen LogP contribution in [0.25, 0.3) is 0 Å². The molecule has 3 heteroatoms. The Morgan fingerprint density at radius 1 is 1.17 bits per heavy atom. The predicted molar refractivity (Wildman–Crippen MR) is 75.8 cm³/mol. The van der Waals surface area contributed by atoms with Gasteiger partial charge in [-0.15, -0.1) is 0 Å². The molecule has 2 aromatic rings. The van der Waals surface area contributed by atoms with Crippen LogP contribution >= 0.6 is 11.6 Å². The average Bonchev–Trinajstić information content (AvgIpc) is 2.87. The number of benzene rings is 1. The number of hydrogen-bond acceptors (Lipinski definition) is 1. The summed E-state index contributed by atoms with van der Waals surface area (Å²) in [6, 6.07) is 10.9. The highest BCUT2D eigenvalue weighted by Gasteiger charge is 2.23. The molecule has 0 saturated carbocycles. The highest BCUT2D eigenvalue weighted by Crippen LogP contribution is 2.33. The second kappa shape index (κ2) is 4.36. The molecular formula is C15H17ClN2. The van der Waals surface area contributed by atoms with Gasteiger partial charge in [0.25, 0.3) is 0 Å².